The van der Waals surface area contributed by atoms with Gasteiger partial charge in [-0.05, 0) is 38.8 Å². The van der Waals surface area contributed by atoms with E-state index in [-0.39, 0.29) is 12.0 Å². The van der Waals surface area contributed by atoms with Crippen LogP contribution in [0.2, 0.25) is 0 Å². The van der Waals surface area contributed by atoms with Crippen molar-refractivity contribution in [2.45, 2.75) is 63.8 Å². The molecule has 1 heterocycles. The van der Waals surface area contributed by atoms with Crippen LogP contribution in [0.15, 0.2) is 0 Å². The van der Waals surface area contributed by atoms with Gasteiger partial charge in [0, 0.05) is 13.0 Å². The van der Waals surface area contributed by atoms with Gasteiger partial charge in [-0.1, -0.05) is 19.3 Å². The second-order valence-corrected chi connectivity index (χ2v) is 6.23. The van der Waals surface area contributed by atoms with E-state index >= 15 is 0 Å². The number of piperidine rings is 1. The van der Waals surface area contributed by atoms with E-state index < -0.39 is 18.5 Å². The Hall–Kier alpha value is -0.710. The molecule has 2 fully saturated rings. The summed E-state index contributed by atoms with van der Waals surface area (Å²) in [5.41, 5.74) is 0. The summed E-state index contributed by atoms with van der Waals surface area (Å²) in [7, 11) is 0. The lowest BCUT2D eigenvalue weighted by Gasteiger charge is -2.40. The van der Waals surface area contributed by atoms with Gasteiger partial charge in [-0.25, -0.2) is 8.78 Å². The Bertz CT molecular complexity index is 324. The topological polar surface area (TPSA) is 29.5 Å². The molecule has 1 aliphatic carbocycles. The van der Waals surface area contributed by atoms with E-state index in [1.807, 2.05) is 0 Å². The molecule has 5 heteroatoms. The molecular weight excluding hydrogens is 264 g/mol. The van der Waals surface area contributed by atoms with Crippen LogP contribution >= 0.6 is 0 Å². The van der Waals surface area contributed by atoms with E-state index in [1.165, 1.54) is 19.3 Å². The van der Waals surface area contributed by atoms with E-state index in [2.05, 4.69) is 4.90 Å². The molecule has 2 aliphatic rings. The van der Waals surface area contributed by atoms with Crippen molar-refractivity contribution in [3.05, 3.63) is 0 Å². The first-order valence-corrected chi connectivity index (χ1v) is 7.76. The molecule has 0 radical (unpaired) electrons. The minimum atomic E-state index is -2.94. The Morgan fingerprint density at radius 2 is 1.80 bits per heavy atom. The maximum atomic E-state index is 12.8. The number of carbonyl (C=O) groups is 1. The molecule has 0 spiro atoms. The molecule has 20 heavy (non-hydrogen) atoms. The van der Waals surface area contributed by atoms with Gasteiger partial charge in [0.15, 0.2) is 6.61 Å². The molecule has 1 saturated carbocycles. The lowest BCUT2D eigenvalue weighted by molar-refractivity contribution is -0.162. The standard InChI is InChI=1S/C15H25F2NO2/c1-15(16,17)11-20-14(19)12-7-3-4-8-13(12)18-9-5-2-6-10-18/h12-13H,2-11H2,1H3. The molecule has 0 aromatic rings. The largest absolute Gasteiger partial charge is 0.459 e. The number of rotatable bonds is 4. The summed E-state index contributed by atoms with van der Waals surface area (Å²) in [5.74, 6) is -3.59. The molecule has 1 aliphatic heterocycles. The third-order valence-corrected chi connectivity index (χ3v) is 4.36. The van der Waals surface area contributed by atoms with Crippen LogP contribution < -0.4 is 0 Å². The van der Waals surface area contributed by atoms with Gasteiger partial charge in [0.25, 0.3) is 5.92 Å². The van der Waals surface area contributed by atoms with Gasteiger partial charge in [-0.3, -0.25) is 9.69 Å². The maximum absolute atomic E-state index is 12.8. The third-order valence-electron chi connectivity index (χ3n) is 4.36. The molecule has 3 nitrogen and oxygen atoms in total. The predicted octanol–water partition coefficient (Wildman–Crippen LogP) is 3.23. The van der Waals surface area contributed by atoms with Crippen LogP contribution in [0, 0.1) is 5.92 Å². The number of alkyl halides is 2. The zero-order valence-corrected chi connectivity index (χ0v) is 12.2. The van der Waals surface area contributed by atoms with Crippen LogP contribution in [0.5, 0.6) is 0 Å². The van der Waals surface area contributed by atoms with Gasteiger partial charge in [0.05, 0.1) is 5.92 Å². The summed E-state index contributed by atoms with van der Waals surface area (Å²) < 4.78 is 30.5. The normalized spacial score (nSPS) is 29.1. The van der Waals surface area contributed by atoms with E-state index in [0.717, 1.165) is 45.7 Å². The number of carbonyl (C=O) groups excluding carboxylic acids is 1. The van der Waals surface area contributed by atoms with Crippen molar-refractivity contribution in [3.63, 3.8) is 0 Å². The Labute approximate surface area is 119 Å². The first-order chi connectivity index (χ1) is 9.47. The number of nitrogens with zero attached hydrogens (tertiary/aromatic N) is 1. The summed E-state index contributed by atoms with van der Waals surface area (Å²) in [4.78, 5) is 14.5. The lowest BCUT2D eigenvalue weighted by Crippen LogP contribution is -2.48. The highest BCUT2D eigenvalue weighted by atomic mass is 19.3. The summed E-state index contributed by atoms with van der Waals surface area (Å²) in [6.07, 6.45) is 7.47. The van der Waals surface area contributed by atoms with Gasteiger partial charge >= 0.3 is 5.97 Å². The molecule has 116 valence electrons. The fraction of sp³-hybridized carbons (Fsp3) is 0.933. The number of likely N-dealkylation sites (tertiary alicyclic amines) is 1. The second-order valence-electron chi connectivity index (χ2n) is 6.23. The fourth-order valence-corrected chi connectivity index (χ4v) is 3.38. The number of hydrogen-bond acceptors (Lipinski definition) is 3. The van der Waals surface area contributed by atoms with Crippen LogP contribution in [0.4, 0.5) is 8.78 Å². The minimum Gasteiger partial charge on any atom is -0.459 e. The Kier molecular flexibility index (Phi) is 5.35. The van der Waals surface area contributed by atoms with Gasteiger partial charge in [-0.2, -0.15) is 0 Å². The number of hydrogen-bond donors (Lipinski definition) is 0. The van der Waals surface area contributed by atoms with Crippen LogP contribution in [0.1, 0.15) is 51.9 Å². The van der Waals surface area contributed by atoms with Gasteiger partial charge in [0.2, 0.25) is 0 Å². The Morgan fingerprint density at radius 3 is 2.45 bits per heavy atom. The quantitative estimate of drug-likeness (QED) is 0.744. The monoisotopic (exact) mass is 289 g/mol. The van der Waals surface area contributed by atoms with Crippen molar-refractivity contribution in [2.24, 2.45) is 5.92 Å². The van der Waals surface area contributed by atoms with Crippen LogP contribution in [-0.4, -0.2) is 42.5 Å². The van der Waals surface area contributed by atoms with Crippen molar-refractivity contribution in [1.29, 1.82) is 0 Å². The summed E-state index contributed by atoms with van der Waals surface area (Å²) >= 11 is 0. The van der Waals surface area contributed by atoms with Crippen LogP contribution in [0.3, 0.4) is 0 Å². The average Bonchev–Trinajstić information content (AvgIpc) is 2.45. The molecule has 0 amide bonds. The third kappa shape index (κ3) is 4.40. The highest BCUT2D eigenvalue weighted by Gasteiger charge is 2.37. The van der Waals surface area contributed by atoms with Gasteiger partial charge in [0.1, 0.15) is 0 Å². The number of halogens is 2. The van der Waals surface area contributed by atoms with Crippen LogP contribution in [0.25, 0.3) is 0 Å². The van der Waals surface area contributed by atoms with Crippen molar-refractivity contribution in [3.8, 4) is 0 Å². The SMILES string of the molecule is CC(F)(F)COC(=O)C1CCCCC1N1CCCCC1. The first kappa shape index (κ1) is 15.7. The molecule has 0 aromatic heterocycles. The van der Waals surface area contributed by atoms with Crippen molar-refractivity contribution in [2.75, 3.05) is 19.7 Å². The average molecular weight is 289 g/mol. The first-order valence-electron chi connectivity index (χ1n) is 7.76. The molecule has 0 aromatic carbocycles. The predicted molar refractivity (Wildman–Crippen MR) is 72.8 cm³/mol. The highest BCUT2D eigenvalue weighted by Crippen LogP contribution is 2.31. The maximum Gasteiger partial charge on any atom is 0.310 e. The van der Waals surface area contributed by atoms with E-state index in [1.54, 1.807) is 0 Å². The van der Waals surface area contributed by atoms with E-state index in [9.17, 15) is 13.6 Å². The molecule has 2 atom stereocenters. The molecule has 2 unspecified atom stereocenters. The summed E-state index contributed by atoms with van der Waals surface area (Å²) in [6, 6.07) is 0.196. The van der Waals surface area contributed by atoms with Crippen LogP contribution in [-0.2, 0) is 9.53 Å². The van der Waals surface area contributed by atoms with E-state index in [4.69, 9.17) is 4.74 Å². The molecule has 2 rings (SSSR count). The zero-order valence-electron chi connectivity index (χ0n) is 12.2. The fourth-order valence-electron chi connectivity index (χ4n) is 3.38. The van der Waals surface area contributed by atoms with E-state index in [0.29, 0.717) is 0 Å². The van der Waals surface area contributed by atoms with Gasteiger partial charge in [-0.15, -0.1) is 0 Å². The number of ether oxygens (including phenoxy) is 1. The number of esters is 1. The van der Waals surface area contributed by atoms with Crippen molar-refractivity contribution in [1.82, 2.24) is 4.90 Å². The van der Waals surface area contributed by atoms with Crippen molar-refractivity contribution >= 4 is 5.97 Å². The zero-order chi connectivity index (χ0) is 14.6. The summed E-state index contributed by atoms with van der Waals surface area (Å²) in [6.45, 7) is 2.04. The molecule has 0 N–H and O–H groups in total. The Morgan fingerprint density at radius 1 is 1.15 bits per heavy atom. The van der Waals surface area contributed by atoms with Crippen molar-refractivity contribution < 1.29 is 18.3 Å². The molecule has 1 saturated heterocycles. The van der Waals surface area contributed by atoms with Gasteiger partial charge < -0.3 is 4.74 Å². The minimum absolute atomic E-state index is 0.196. The molecule has 0 bridgehead atoms. The smallest absolute Gasteiger partial charge is 0.310 e. The second kappa shape index (κ2) is 6.83. The highest BCUT2D eigenvalue weighted by molar-refractivity contribution is 5.73. The Balaban J connectivity index is 1.93. The lowest BCUT2D eigenvalue weighted by atomic mass is 9.82. The summed E-state index contributed by atoms with van der Waals surface area (Å²) in [5, 5.41) is 0. The molecular formula is C15H25F2NO2.